The fourth-order valence-electron chi connectivity index (χ4n) is 0.498. The Balaban J connectivity index is 4.40. The third-order valence-electron chi connectivity index (χ3n) is 1.26. The third-order valence-corrected chi connectivity index (χ3v) is 6.05. The zero-order valence-corrected chi connectivity index (χ0v) is 10.0. The van der Waals surface area contributed by atoms with Gasteiger partial charge in [-0.15, -0.1) is 0 Å². The molecule has 0 aliphatic heterocycles. The van der Waals surface area contributed by atoms with Crippen LogP contribution in [-0.4, -0.2) is 11.4 Å². The van der Waals surface area contributed by atoms with E-state index >= 15 is 0 Å². The van der Waals surface area contributed by atoms with Crippen molar-refractivity contribution < 1.29 is 0 Å². The van der Waals surface area contributed by atoms with Gasteiger partial charge in [0.25, 0.3) is 4.74 Å². The minimum atomic E-state index is -1.69. The van der Waals surface area contributed by atoms with Crippen LogP contribution in [0.15, 0.2) is 0 Å². The maximum absolute atomic E-state index is 5.94. The summed E-state index contributed by atoms with van der Waals surface area (Å²) in [6, 6.07) is 0. The van der Waals surface area contributed by atoms with E-state index in [-0.39, 0.29) is 4.75 Å². The van der Waals surface area contributed by atoms with Gasteiger partial charge in [-0.3, -0.25) is 0 Å². The Morgan fingerprint density at radius 1 is 1.40 bits per heavy atom. The van der Waals surface area contributed by atoms with Crippen LogP contribution in [0.4, 0.5) is 0 Å². The molecule has 0 nitrogen and oxygen atoms in total. The van der Waals surface area contributed by atoms with Gasteiger partial charge in [0, 0.05) is 13.1 Å². The summed E-state index contributed by atoms with van der Waals surface area (Å²) in [5, 5.41) is 0. The maximum atomic E-state index is 5.94. The van der Waals surface area contributed by atoms with E-state index in [2.05, 4.69) is 20.8 Å². The zero-order chi connectivity index (χ0) is 8.41. The highest BCUT2D eigenvalue weighted by molar-refractivity contribution is 8.44. The Bertz CT molecular complexity index is 151. The lowest BCUT2D eigenvalue weighted by Gasteiger charge is -2.04. The van der Waals surface area contributed by atoms with Crippen molar-refractivity contribution in [3.63, 3.8) is 0 Å². The van der Waals surface area contributed by atoms with E-state index < -0.39 is 4.74 Å². The second-order valence-corrected chi connectivity index (χ2v) is 14.2. The molecule has 0 bridgehead atoms. The van der Waals surface area contributed by atoms with Crippen LogP contribution in [-0.2, 0) is 10.9 Å². The lowest BCUT2D eigenvalue weighted by Crippen LogP contribution is -2.15. The van der Waals surface area contributed by atoms with Gasteiger partial charge in [0.2, 0.25) is 0 Å². The average molecular weight is 220 g/mol. The molecular weight excluding hydrogens is 206 g/mol. The molecule has 0 aliphatic carbocycles. The Morgan fingerprint density at radius 3 is 1.90 bits per heavy atom. The molecule has 0 aliphatic rings. The molecule has 0 spiro atoms. The van der Waals surface area contributed by atoms with Crippen LogP contribution in [0.1, 0.15) is 27.2 Å². The van der Waals surface area contributed by atoms with Crippen LogP contribution in [0.2, 0.25) is 0 Å². The minimum absolute atomic E-state index is 0.228. The first kappa shape index (κ1) is 11.2. The van der Waals surface area contributed by atoms with Crippen molar-refractivity contribution >= 4 is 38.2 Å². The third kappa shape index (κ3) is 5.97. The second kappa shape index (κ2) is 3.76. The van der Waals surface area contributed by atoms with Crippen molar-refractivity contribution in [2.75, 3.05) is 6.66 Å². The molecule has 0 saturated heterocycles. The van der Waals surface area contributed by atoms with E-state index in [1.807, 2.05) is 6.66 Å². The Labute approximate surface area is 76.8 Å². The maximum Gasteiger partial charge on any atom is 0.292 e. The number of halogens is 2. The van der Waals surface area contributed by atoms with Crippen molar-refractivity contribution in [1.29, 1.82) is 0 Å². The van der Waals surface area contributed by atoms with E-state index in [1.165, 1.54) is 0 Å². The second-order valence-electron chi connectivity index (χ2n) is 2.93. The summed E-state index contributed by atoms with van der Waals surface area (Å²) in [6.45, 7) is 8.40. The molecule has 0 amide bonds. The summed E-state index contributed by atoms with van der Waals surface area (Å²) < 4.78 is -1.46. The molecule has 4 heteroatoms. The van der Waals surface area contributed by atoms with Crippen LogP contribution in [0.5, 0.6) is 0 Å². The molecule has 0 rings (SSSR count). The van der Waals surface area contributed by atoms with Crippen LogP contribution in [0.25, 0.3) is 0 Å². The van der Waals surface area contributed by atoms with Gasteiger partial charge in [-0.05, 0) is 36.3 Å². The average Bonchev–Trinajstić information content (AvgIpc) is 1.60. The number of hydrogen-bond donors (Lipinski definition) is 0. The fourth-order valence-corrected chi connectivity index (χ4v) is 7.85. The molecule has 10 heavy (non-hydrogen) atoms. The summed E-state index contributed by atoms with van der Waals surface area (Å²) in [5.41, 5.74) is 0. The quantitative estimate of drug-likeness (QED) is 0.484. The van der Waals surface area contributed by atoms with E-state index in [0.29, 0.717) is 0 Å². The number of rotatable bonds is 2. The molecule has 0 aromatic rings. The summed E-state index contributed by atoms with van der Waals surface area (Å²) in [5.74, 6) is 0. The first-order valence-corrected chi connectivity index (χ1v) is 8.70. The molecular formula is C6H14Cl2PS+. The molecule has 0 aromatic carbocycles. The van der Waals surface area contributed by atoms with E-state index in [9.17, 15) is 0 Å². The van der Waals surface area contributed by atoms with Gasteiger partial charge in [-0.1, -0.05) is 6.92 Å². The summed E-state index contributed by atoms with van der Waals surface area (Å²) in [4.78, 5) is 0. The molecule has 0 heterocycles. The van der Waals surface area contributed by atoms with E-state index in [4.69, 9.17) is 22.5 Å². The van der Waals surface area contributed by atoms with Crippen molar-refractivity contribution in [3.8, 4) is 0 Å². The van der Waals surface area contributed by atoms with E-state index in [0.717, 1.165) is 6.42 Å². The Hall–Kier alpha value is 1.23. The van der Waals surface area contributed by atoms with Crippen molar-refractivity contribution in [2.45, 2.75) is 31.9 Å². The van der Waals surface area contributed by atoms with Crippen LogP contribution in [0.3, 0.4) is 0 Å². The van der Waals surface area contributed by atoms with Gasteiger partial charge in [0.05, 0.1) is 0 Å². The lowest BCUT2D eigenvalue weighted by atomic mass is 10.1. The molecule has 62 valence electrons. The molecule has 0 unspecified atom stereocenters. The van der Waals surface area contributed by atoms with Crippen molar-refractivity contribution in [1.82, 2.24) is 0 Å². The molecule has 0 radical (unpaired) electrons. The SMILES string of the molecule is CCC(C)(C)[S+]=P(C)(Cl)Cl. The topological polar surface area (TPSA) is 0 Å². The smallest absolute Gasteiger partial charge is 0.0598 e. The van der Waals surface area contributed by atoms with Gasteiger partial charge in [0.1, 0.15) is 0 Å². The highest BCUT2D eigenvalue weighted by Gasteiger charge is 2.30. The van der Waals surface area contributed by atoms with E-state index in [1.54, 1.807) is 10.9 Å². The zero-order valence-electron chi connectivity index (χ0n) is 6.82. The van der Waals surface area contributed by atoms with Gasteiger partial charge in [-0.2, -0.15) is 0 Å². The minimum Gasteiger partial charge on any atom is -0.0598 e. The first-order valence-electron chi connectivity index (χ1n) is 3.23. The first-order chi connectivity index (χ1) is 4.27. The summed E-state index contributed by atoms with van der Waals surface area (Å²) >= 11 is 11.9. The van der Waals surface area contributed by atoms with Gasteiger partial charge in [-0.25, -0.2) is 0 Å². The van der Waals surface area contributed by atoms with Crippen LogP contribution in [0, 0.1) is 0 Å². The van der Waals surface area contributed by atoms with Gasteiger partial charge < -0.3 is 0 Å². The van der Waals surface area contributed by atoms with Gasteiger partial charge >= 0.3 is 0 Å². The van der Waals surface area contributed by atoms with Crippen LogP contribution >= 0.6 is 27.2 Å². The Morgan fingerprint density at radius 2 is 1.80 bits per heavy atom. The monoisotopic (exact) mass is 219 g/mol. The molecule has 0 fully saturated rings. The molecule has 0 N–H and O–H groups in total. The standard InChI is InChI=1S/C6H14Cl2PS/c1-5-6(2,3)10-9(4,7)8/h5H2,1-4H3/q+1. The predicted molar refractivity (Wildman–Crippen MR) is 56.3 cm³/mol. The molecule has 0 saturated carbocycles. The van der Waals surface area contributed by atoms with Crippen molar-refractivity contribution in [3.05, 3.63) is 0 Å². The highest BCUT2D eigenvalue weighted by Crippen LogP contribution is 2.56. The van der Waals surface area contributed by atoms with Gasteiger partial charge in [0.15, 0.2) is 15.7 Å². The van der Waals surface area contributed by atoms with Crippen molar-refractivity contribution in [2.24, 2.45) is 0 Å². The Kier molecular flexibility index (Phi) is 4.22. The predicted octanol–water partition coefficient (Wildman–Crippen LogP) is 4.13. The molecule has 0 aromatic heterocycles. The number of hydrogen-bond acceptors (Lipinski definition) is 0. The highest BCUT2D eigenvalue weighted by atomic mass is 35.9. The van der Waals surface area contributed by atoms with Crippen LogP contribution < -0.4 is 0 Å². The summed E-state index contributed by atoms with van der Waals surface area (Å²) in [7, 11) is 1.70. The lowest BCUT2D eigenvalue weighted by molar-refractivity contribution is 0.688. The normalized spacial score (nSPS) is 13.4. The summed E-state index contributed by atoms with van der Waals surface area (Å²) in [6.07, 6.45) is 1.10. The molecule has 0 atom stereocenters. The largest absolute Gasteiger partial charge is 0.292 e. The fraction of sp³-hybridized carbons (Fsp3) is 1.00.